The monoisotopic (exact) mass is 334 g/mol. The minimum atomic E-state index is -3.59. The summed E-state index contributed by atoms with van der Waals surface area (Å²) in [5.74, 6) is 0.808. The maximum Gasteiger partial charge on any atom is 0.247 e. The van der Waals surface area contributed by atoms with Crippen molar-refractivity contribution >= 4 is 22.4 Å². The first-order chi connectivity index (χ1) is 9.64. The zero-order valence-corrected chi connectivity index (χ0v) is 13.2. The molecule has 3 rings (SSSR count). The summed E-state index contributed by atoms with van der Waals surface area (Å²) in [6, 6.07) is 4.83. The van der Waals surface area contributed by atoms with Gasteiger partial charge in [0.05, 0.1) is 0 Å². The van der Waals surface area contributed by atoms with E-state index in [1.807, 2.05) is 0 Å². The van der Waals surface area contributed by atoms with Gasteiger partial charge in [-0.05, 0) is 25.0 Å². The number of fused-ring (bicyclic) bond motifs is 1. The Hall–Kier alpha value is -1.02. The molecule has 2 heterocycles. The van der Waals surface area contributed by atoms with Gasteiger partial charge in [0.1, 0.15) is 18.1 Å². The number of nitrogens with zero attached hydrogens (tertiary/aromatic N) is 1. The topological polar surface area (TPSA) is 81.9 Å². The quantitative estimate of drug-likeness (QED) is 0.891. The Bertz CT molecular complexity index is 608. The normalized spacial score (nSPS) is 21.9. The first-order valence-electron chi connectivity index (χ1n) is 6.75. The summed E-state index contributed by atoms with van der Waals surface area (Å²) in [5.41, 5.74) is 5.67. The summed E-state index contributed by atoms with van der Waals surface area (Å²) in [7, 11) is -3.59. The van der Waals surface area contributed by atoms with Crippen molar-refractivity contribution in [3.63, 3.8) is 0 Å². The predicted molar refractivity (Wildman–Crippen MR) is 80.6 cm³/mol. The molecule has 1 saturated heterocycles. The summed E-state index contributed by atoms with van der Waals surface area (Å²) >= 11 is 0. The second-order valence-corrected chi connectivity index (χ2v) is 6.79. The fourth-order valence-corrected chi connectivity index (χ4v) is 4.59. The molecule has 2 aliphatic heterocycles. The van der Waals surface area contributed by atoms with Crippen LogP contribution in [-0.2, 0) is 10.0 Å². The van der Waals surface area contributed by atoms with E-state index in [-0.39, 0.29) is 23.3 Å². The Morgan fingerprint density at radius 2 is 2.05 bits per heavy atom. The number of hydrogen-bond acceptors (Lipinski definition) is 5. The van der Waals surface area contributed by atoms with Crippen molar-refractivity contribution in [2.75, 3.05) is 26.3 Å². The number of sulfonamides is 1. The molecule has 1 fully saturated rings. The fraction of sp³-hybridized carbons (Fsp3) is 0.538. The molecule has 0 aromatic heterocycles. The van der Waals surface area contributed by atoms with Gasteiger partial charge in [0.2, 0.25) is 10.0 Å². The maximum atomic E-state index is 12.8. The van der Waals surface area contributed by atoms with Gasteiger partial charge in [-0.2, -0.15) is 4.31 Å². The predicted octanol–water partition coefficient (Wildman–Crippen LogP) is 0.991. The van der Waals surface area contributed by atoms with E-state index in [0.29, 0.717) is 37.8 Å². The van der Waals surface area contributed by atoms with Gasteiger partial charge in [0.15, 0.2) is 11.5 Å². The zero-order valence-electron chi connectivity index (χ0n) is 11.5. The first-order valence-corrected chi connectivity index (χ1v) is 8.19. The molecule has 0 aliphatic carbocycles. The SMILES string of the molecule is Cl.NCC1CCCN1S(=O)(=O)c1cccc2c1OCCO2. The average Bonchev–Trinajstić information content (AvgIpc) is 2.96. The van der Waals surface area contributed by atoms with Gasteiger partial charge in [-0.1, -0.05) is 6.07 Å². The van der Waals surface area contributed by atoms with E-state index >= 15 is 0 Å². The Labute approximate surface area is 130 Å². The highest BCUT2D eigenvalue weighted by Gasteiger charge is 2.37. The number of para-hydroxylation sites is 1. The lowest BCUT2D eigenvalue weighted by Gasteiger charge is -2.26. The highest BCUT2D eigenvalue weighted by atomic mass is 35.5. The van der Waals surface area contributed by atoms with Crippen molar-refractivity contribution in [3.05, 3.63) is 18.2 Å². The molecule has 0 saturated carbocycles. The lowest BCUT2D eigenvalue weighted by Crippen LogP contribution is -2.40. The highest BCUT2D eigenvalue weighted by Crippen LogP contribution is 2.39. The minimum absolute atomic E-state index is 0. The average molecular weight is 335 g/mol. The minimum Gasteiger partial charge on any atom is -0.486 e. The third-order valence-electron chi connectivity index (χ3n) is 3.71. The molecule has 0 spiro atoms. The van der Waals surface area contributed by atoms with Gasteiger partial charge >= 0.3 is 0 Å². The second kappa shape index (κ2) is 6.39. The van der Waals surface area contributed by atoms with Crippen molar-refractivity contribution in [3.8, 4) is 11.5 Å². The van der Waals surface area contributed by atoms with E-state index in [9.17, 15) is 8.42 Å². The molecule has 1 aromatic carbocycles. The standard InChI is InChI=1S/C13H18N2O4S.ClH/c14-9-10-3-2-6-15(10)20(16,17)12-5-1-4-11-13(12)19-8-7-18-11;/h1,4-5,10H,2-3,6-9,14H2;1H. The molecule has 1 atom stereocenters. The zero-order chi connectivity index (χ0) is 14.2. The van der Waals surface area contributed by atoms with Crippen molar-refractivity contribution in [2.24, 2.45) is 5.73 Å². The Morgan fingerprint density at radius 3 is 2.81 bits per heavy atom. The summed E-state index contributed by atoms with van der Waals surface area (Å²) in [4.78, 5) is 0.176. The molecule has 21 heavy (non-hydrogen) atoms. The van der Waals surface area contributed by atoms with Gasteiger partial charge in [0, 0.05) is 19.1 Å². The Kier molecular flexibility index (Phi) is 4.98. The van der Waals surface area contributed by atoms with Crippen LogP contribution < -0.4 is 15.2 Å². The number of benzene rings is 1. The number of halogens is 1. The number of rotatable bonds is 3. The molecule has 0 bridgehead atoms. The molecule has 118 valence electrons. The van der Waals surface area contributed by atoms with E-state index in [1.165, 1.54) is 4.31 Å². The lowest BCUT2D eigenvalue weighted by molar-refractivity contribution is 0.166. The van der Waals surface area contributed by atoms with Gasteiger partial charge in [-0.25, -0.2) is 8.42 Å². The summed E-state index contributed by atoms with van der Waals surface area (Å²) in [5, 5.41) is 0. The molecule has 2 N–H and O–H groups in total. The fourth-order valence-electron chi connectivity index (χ4n) is 2.74. The molecular formula is C13H19ClN2O4S. The van der Waals surface area contributed by atoms with Gasteiger partial charge < -0.3 is 15.2 Å². The van der Waals surface area contributed by atoms with Gasteiger partial charge in [-0.3, -0.25) is 0 Å². The van der Waals surface area contributed by atoms with Crippen LogP contribution in [0.3, 0.4) is 0 Å². The van der Waals surface area contributed by atoms with Crippen LogP contribution in [0.4, 0.5) is 0 Å². The number of nitrogens with two attached hydrogens (primary N) is 1. The summed E-state index contributed by atoms with van der Waals surface area (Å²) in [6.45, 7) is 1.64. The third-order valence-corrected chi connectivity index (χ3v) is 5.69. The Balaban J connectivity index is 0.00000161. The van der Waals surface area contributed by atoms with Crippen LogP contribution in [0, 0.1) is 0 Å². The van der Waals surface area contributed by atoms with Crippen LogP contribution >= 0.6 is 12.4 Å². The number of hydrogen-bond donors (Lipinski definition) is 1. The molecule has 6 nitrogen and oxygen atoms in total. The second-order valence-electron chi connectivity index (χ2n) is 4.93. The van der Waals surface area contributed by atoms with E-state index in [0.717, 1.165) is 12.8 Å². The lowest BCUT2D eigenvalue weighted by atomic mass is 10.2. The van der Waals surface area contributed by atoms with Crippen molar-refractivity contribution in [1.29, 1.82) is 0 Å². The molecule has 2 aliphatic rings. The van der Waals surface area contributed by atoms with Crippen LogP contribution in [-0.4, -0.2) is 45.1 Å². The van der Waals surface area contributed by atoms with E-state index in [2.05, 4.69) is 0 Å². The van der Waals surface area contributed by atoms with Crippen LogP contribution in [0.5, 0.6) is 11.5 Å². The first kappa shape index (κ1) is 16.4. The van der Waals surface area contributed by atoms with Crippen molar-refractivity contribution in [2.45, 2.75) is 23.8 Å². The molecular weight excluding hydrogens is 316 g/mol. The van der Waals surface area contributed by atoms with Gasteiger partial charge in [-0.15, -0.1) is 12.4 Å². The largest absolute Gasteiger partial charge is 0.486 e. The van der Waals surface area contributed by atoms with E-state index in [1.54, 1.807) is 18.2 Å². The van der Waals surface area contributed by atoms with Gasteiger partial charge in [0.25, 0.3) is 0 Å². The molecule has 1 aromatic rings. The highest BCUT2D eigenvalue weighted by molar-refractivity contribution is 7.89. The van der Waals surface area contributed by atoms with Crippen LogP contribution in [0.25, 0.3) is 0 Å². The maximum absolute atomic E-state index is 12.8. The molecule has 0 amide bonds. The summed E-state index contributed by atoms with van der Waals surface area (Å²) < 4.78 is 38.1. The van der Waals surface area contributed by atoms with Crippen LogP contribution in [0.15, 0.2) is 23.1 Å². The third kappa shape index (κ3) is 2.83. The van der Waals surface area contributed by atoms with Crippen molar-refractivity contribution in [1.82, 2.24) is 4.31 Å². The Morgan fingerprint density at radius 1 is 1.29 bits per heavy atom. The molecule has 1 unspecified atom stereocenters. The molecule has 8 heteroatoms. The van der Waals surface area contributed by atoms with E-state index in [4.69, 9.17) is 15.2 Å². The molecule has 0 radical (unpaired) electrons. The van der Waals surface area contributed by atoms with Crippen molar-refractivity contribution < 1.29 is 17.9 Å². The smallest absolute Gasteiger partial charge is 0.247 e. The van der Waals surface area contributed by atoms with Crippen LogP contribution in [0.2, 0.25) is 0 Å². The van der Waals surface area contributed by atoms with E-state index < -0.39 is 10.0 Å². The summed E-state index contributed by atoms with van der Waals surface area (Å²) in [6.07, 6.45) is 1.65. The number of ether oxygens (including phenoxy) is 2. The van der Waals surface area contributed by atoms with Crippen LogP contribution in [0.1, 0.15) is 12.8 Å².